The fourth-order valence-electron chi connectivity index (χ4n) is 2.08. The van der Waals surface area contributed by atoms with E-state index in [0.717, 1.165) is 24.0 Å². The van der Waals surface area contributed by atoms with E-state index in [-0.39, 0.29) is 0 Å². The predicted octanol–water partition coefficient (Wildman–Crippen LogP) is 4.32. The van der Waals surface area contributed by atoms with Gasteiger partial charge in [0, 0.05) is 4.47 Å². The van der Waals surface area contributed by atoms with Gasteiger partial charge in [-0.1, -0.05) is 59.3 Å². The summed E-state index contributed by atoms with van der Waals surface area (Å²) in [6, 6.07) is 16.9. The lowest BCUT2D eigenvalue weighted by Crippen LogP contribution is -2.15. The molecule has 2 rings (SSSR count). The van der Waals surface area contributed by atoms with E-state index in [9.17, 15) is 0 Å². The maximum atomic E-state index is 5.76. The molecule has 0 spiro atoms. The van der Waals surface area contributed by atoms with Crippen molar-refractivity contribution >= 4 is 15.9 Å². The van der Waals surface area contributed by atoms with Gasteiger partial charge in [-0.15, -0.1) is 0 Å². The van der Waals surface area contributed by atoms with Crippen LogP contribution in [0, 0.1) is 0 Å². The van der Waals surface area contributed by atoms with Crippen LogP contribution in [0.1, 0.15) is 23.6 Å². The topological polar surface area (TPSA) is 21.3 Å². The molecule has 0 aliphatic rings. The predicted molar refractivity (Wildman–Crippen MR) is 91.3 cm³/mol. The average Bonchev–Trinajstić information content (AvgIpc) is 2.51. The van der Waals surface area contributed by atoms with Gasteiger partial charge in [-0.25, -0.2) is 0 Å². The van der Waals surface area contributed by atoms with Gasteiger partial charge in [-0.3, -0.25) is 0 Å². The largest absolute Gasteiger partial charge is 0.372 e. The number of likely N-dealkylation sites (N-methyl/N-ethyl adjacent to an activating group) is 1. The summed E-state index contributed by atoms with van der Waals surface area (Å²) < 4.78 is 6.85. The van der Waals surface area contributed by atoms with Gasteiger partial charge < -0.3 is 10.1 Å². The molecule has 0 saturated carbocycles. The van der Waals surface area contributed by atoms with Crippen LogP contribution in [0.2, 0.25) is 0 Å². The molecule has 2 aromatic carbocycles. The summed E-state index contributed by atoms with van der Waals surface area (Å²) in [5, 5.41) is 3.34. The Morgan fingerprint density at radius 3 is 1.95 bits per heavy atom. The first-order chi connectivity index (χ1) is 10.3. The summed E-state index contributed by atoms with van der Waals surface area (Å²) in [7, 11) is 0. The van der Waals surface area contributed by atoms with E-state index >= 15 is 0 Å². The zero-order valence-corrected chi connectivity index (χ0v) is 14.0. The third-order valence-electron chi connectivity index (χ3n) is 3.31. The molecule has 21 heavy (non-hydrogen) atoms. The maximum Gasteiger partial charge on any atom is 0.0721 e. The zero-order chi connectivity index (χ0) is 14.9. The molecule has 1 N–H and O–H groups in total. The van der Waals surface area contributed by atoms with Crippen LogP contribution in [0.3, 0.4) is 0 Å². The summed E-state index contributed by atoms with van der Waals surface area (Å²) in [5.41, 5.74) is 3.78. The number of hydrogen-bond acceptors (Lipinski definition) is 2. The molecule has 0 saturated heterocycles. The van der Waals surface area contributed by atoms with Crippen LogP contribution < -0.4 is 5.32 Å². The minimum Gasteiger partial charge on any atom is -0.372 e. The summed E-state index contributed by atoms with van der Waals surface area (Å²) in [5.74, 6) is 0. The van der Waals surface area contributed by atoms with E-state index in [1.165, 1.54) is 16.7 Å². The first-order valence-corrected chi connectivity index (χ1v) is 8.18. The standard InChI is InChI=1S/C18H22BrNO/c1-2-20-12-11-15-3-5-16(6-4-15)13-21-14-17-7-9-18(19)10-8-17/h3-10,20H,2,11-14H2,1H3. The van der Waals surface area contributed by atoms with Crippen LogP contribution in [0.15, 0.2) is 53.0 Å². The molecule has 0 heterocycles. The normalized spacial score (nSPS) is 10.8. The lowest BCUT2D eigenvalue weighted by atomic mass is 10.1. The van der Waals surface area contributed by atoms with Crippen molar-refractivity contribution in [2.75, 3.05) is 13.1 Å². The van der Waals surface area contributed by atoms with E-state index < -0.39 is 0 Å². The Balaban J connectivity index is 1.74. The third kappa shape index (κ3) is 6.00. The molecule has 0 unspecified atom stereocenters. The SMILES string of the molecule is CCNCCc1ccc(COCc2ccc(Br)cc2)cc1. The molecule has 0 bridgehead atoms. The van der Waals surface area contributed by atoms with Gasteiger partial charge in [0.1, 0.15) is 0 Å². The van der Waals surface area contributed by atoms with E-state index in [1.807, 2.05) is 12.1 Å². The maximum absolute atomic E-state index is 5.76. The van der Waals surface area contributed by atoms with Gasteiger partial charge in [0.25, 0.3) is 0 Å². The number of hydrogen-bond donors (Lipinski definition) is 1. The summed E-state index contributed by atoms with van der Waals surface area (Å²) in [4.78, 5) is 0. The molecule has 3 heteroatoms. The molecule has 0 fully saturated rings. The highest BCUT2D eigenvalue weighted by molar-refractivity contribution is 9.10. The molecule has 0 aromatic heterocycles. The lowest BCUT2D eigenvalue weighted by molar-refractivity contribution is 0.107. The number of rotatable bonds is 8. The number of benzene rings is 2. The molecule has 112 valence electrons. The Morgan fingerprint density at radius 1 is 0.857 bits per heavy atom. The lowest BCUT2D eigenvalue weighted by Gasteiger charge is -2.07. The first kappa shape index (κ1) is 16.2. The molecule has 0 radical (unpaired) electrons. The van der Waals surface area contributed by atoms with Crippen molar-refractivity contribution in [3.8, 4) is 0 Å². The fraction of sp³-hybridized carbons (Fsp3) is 0.333. The molecule has 2 aromatic rings. The van der Waals surface area contributed by atoms with Gasteiger partial charge in [0.2, 0.25) is 0 Å². The number of halogens is 1. The van der Waals surface area contributed by atoms with Gasteiger partial charge in [-0.2, -0.15) is 0 Å². The van der Waals surface area contributed by atoms with Gasteiger partial charge in [0.05, 0.1) is 13.2 Å². The van der Waals surface area contributed by atoms with Crippen molar-refractivity contribution in [1.82, 2.24) is 5.32 Å². The summed E-state index contributed by atoms with van der Waals surface area (Å²) >= 11 is 3.43. The minimum absolute atomic E-state index is 0.648. The molecular formula is C18H22BrNO. The first-order valence-electron chi connectivity index (χ1n) is 7.38. The van der Waals surface area contributed by atoms with Gasteiger partial charge >= 0.3 is 0 Å². The monoisotopic (exact) mass is 347 g/mol. The highest BCUT2D eigenvalue weighted by Crippen LogP contribution is 2.12. The van der Waals surface area contributed by atoms with Crippen molar-refractivity contribution in [3.05, 3.63) is 69.7 Å². The van der Waals surface area contributed by atoms with Crippen molar-refractivity contribution in [1.29, 1.82) is 0 Å². The quantitative estimate of drug-likeness (QED) is 0.718. The van der Waals surface area contributed by atoms with Crippen LogP contribution >= 0.6 is 15.9 Å². The second-order valence-corrected chi connectivity index (χ2v) is 5.95. The Bertz CT molecular complexity index is 522. The highest BCUT2D eigenvalue weighted by Gasteiger charge is 1.97. The number of ether oxygens (including phenoxy) is 1. The Kier molecular flexibility index (Phi) is 6.93. The van der Waals surface area contributed by atoms with Crippen LogP contribution in [0.5, 0.6) is 0 Å². The van der Waals surface area contributed by atoms with Crippen LogP contribution in [-0.4, -0.2) is 13.1 Å². The highest BCUT2D eigenvalue weighted by atomic mass is 79.9. The zero-order valence-electron chi connectivity index (χ0n) is 12.4. The van der Waals surface area contributed by atoms with Gasteiger partial charge in [-0.05, 0) is 48.3 Å². The minimum atomic E-state index is 0.648. The van der Waals surface area contributed by atoms with E-state index in [0.29, 0.717) is 13.2 Å². The average molecular weight is 348 g/mol. The number of nitrogens with one attached hydrogen (secondary N) is 1. The van der Waals surface area contributed by atoms with Gasteiger partial charge in [0.15, 0.2) is 0 Å². The Hall–Kier alpha value is -1.16. The molecule has 2 nitrogen and oxygen atoms in total. The summed E-state index contributed by atoms with van der Waals surface area (Å²) in [6.45, 7) is 5.50. The fourth-order valence-corrected chi connectivity index (χ4v) is 2.34. The molecular weight excluding hydrogens is 326 g/mol. The molecule has 0 aliphatic carbocycles. The van der Waals surface area contributed by atoms with Crippen molar-refractivity contribution in [3.63, 3.8) is 0 Å². The molecule has 0 atom stereocenters. The Morgan fingerprint density at radius 2 is 1.38 bits per heavy atom. The molecule has 0 aliphatic heterocycles. The second kappa shape index (κ2) is 8.98. The van der Waals surface area contributed by atoms with Crippen LogP contribution in [0.4, 0.5) is 0 Å². The Labute approximate surface area is 135 Å². The van der Waals surface area contributed by atoms with E-state index in [1.54, 1.807) is 0 Å². The molecule has 0 amide bonds. The summed E-state index contributed by atoms with van der Waals surface area (Å²) in [6.07, 6.45) is 1.08. The van der Waals surface area contributed by atoms with Crippen molar-refractivity contribution in [2.45, 2.75) is 26.6 Å². The third-order valence-corrected chi connectivity index (χ3v) is 3.84. The van der Waals surface area contributed by atoms with E-state index in [2.05, 4.69) is 64.6 Å². The van der Waals surface area contributed by atoms with Crippen LogP contribution in [-0.2, 0) is 24.4 Å². The van der Waals surface area contributed by atoms with E-state index in [4.69, 9.17) is 4.74 Å². The second-order valence-electron chi connectivity index (χ2n) is 5.04. The smallest absolute Gasteiger partial charge is 0.0721 e. The van der Waals surface area contributed by atoms with Crippen molar-refractivity contribution in [2.24, 2.45) is 0 Å². The van der Waals surface area contributed by atoms with Crippen molar-refractivity contribution < 1.29 is 4.74 Å². The van der Waals surface area contributed by atoms with Crippen LogP contribution in [0.25, 0.3) is 0 Å².